The van der Waals surface area contributed by atoms with Gasteiger partial charge >= 0.3 is 0 Å². The second-order valence-corrected chi connectivity index (χ2v) is 6.64. The summed E-state index contributed by atoms with van der Waals surface area (Å²) in [5.41, 5.74) is 7.94. The molecule has 2 aromatic heterocycles. The number of nitrogens with two attached hydrogens (primary N) is 1. The molecular formula is C15H25N5. The Hall–Kier alpha value is -1.62. The summed E-state index contributed by atoms with van der Waals surface area (Å²) in [5, 5.41) is 8.05. The van der Waals surface area contributed by atoms with Crippen molar-refractivity contribution in [3.05, 3.63) is 24.2 Å². The molecular weight excluding hydrogens is 250 g/mol. The molecule has 20 heavy (non-hydrogen) atoms. The SMILES string of the molecule is CC(N)CC(C)Nc1nccn2nc(C(C)(C)C)cc12. The van der Waals surface area contributed by atoms with E-state index >= 15 is 0 Å². The largest absolute Gasteiger partial charge is 0.366 e. The lowest BCUT2D eigenvalue weighted by atomic mass is 9.92. The molecule has 0 radical (unpaired) electrons. The van der Waals surface area contributed by atoms with Crippen molar-refractivity contribution < 1.29 is 0 Å². The Labute approximate surface area is 120 Å². The highest BCUT2D eigenvalue weighted by Gasteiger charge is 2.19. The Morgan fingerprint density at radius 2 is 2.05 bits per heavy atom. The van der Waals surface area contributed by atoms with Crippen LogP contribution in [0.4, 0.5) is 5.82 Å². The topological polar surface area (TPSA) is 68.2 Å². The Morgan fingerprint density at radius 3 is 2.65 bits per heavy atom. The van der Waals surface area contributed by atoms with Gasteiger partial charge in [0.1, 0.15) is 5.52 Å². The fraction of sp³-hybridized carbons (Fsp3) is 0.600. The van der Waals surface area contributed by atoms with E-state index in [-0.39, 0.29) is 17.5 Å². The van der Waals surface area contributed by atoms with Crippen LogP contribution in [0.3, 0.4) is 0 Å². The normalized spacial score (nSPS) is 15.3. The standard InChI is InChI=1S/C15H25N5/c1-10(16)8-11(2)18-14-12-9-13(15(3,4)5)19-20(12)7-6-17-14/h6-7,9-11H,8,16H2,1-5H3,(H,17,18). The van der Waals surface area contributed by atoms with Crippen molar-refractivity contribution in [2.24, 2.45) is 5.73 Å². The van der Waals surface area contributed by atoms with E-state index in [2.05, 4.69) is 49.2 Å². The van der Waals surface area contributed by atoms with Gasteiger partial charge in [0.15, 0.2) is 5.82 Å². The van der Waals surface area contributed by atoms with Gasteiger partial charge in [-0.1, -0.05) is 20.8 Å². The lowest BCUT2D eigenvalue weighted by Gasteiger charge is -2.16. The zero-order valence-corrected chi connectivity index (χ0v) is 13.0. The maximum absolute atomic E-state index is 5.84. The first-order valence-corrected chi connectivity index (χ1v) is 7.14. The van der Waals surface area contributed by atoms with Crippen LogP contribution in [0.15, 0.2) is 18.5 Å². The van der Waals surface area contributed by atoms with Gasteiger partial charge < -0.3 is 11.1 Å². The lowest BCUT2D eigenvalue weighted by molar-refractivity contribution is 0.562. The Morgan fingerprint density at radius 1 is 1.35 bits per heavy atom. The van der Waals surface area contributed by atoms with Gasteiger partial charge in [0.05, 0.1) is 5.69 Å². The fourth-order valence-corrected chi connectivity index (χ4v) is 2.25. The van der Waals surface area contributed by atoms with Gasteiger partial charge in [-0.15, -0.1) is 0 Å². The van der Waals surface area contributed by atoms with Crippen LogP contribution in [0.1, 0.15) is 46.7 Å². The van der Waals surface area contributed by atoms with E-state index in [1.54, 1.807) is 6.20 Å². The van der Waals surface area contributed by atoms with E-state index in [9.17, 15) is 0 Å². The summed E-state index contributed by atoms with van der Waals surface area (Å²) in [5.74, 6) is 0.864. The number of nitrogens with zero attached hydrogens (tertiary/aromatic N) is 3. The summed E-state index contributed by atoms with van der Waals surface area (Å²) in [6, 6.07) is 2.56. The van der Waals surface area contributed by atoms with Gasteiger partial charge in [-0.3, -0.25) is 0 Å². The third-order valence-electron chi connectivity index (χ3n) is 3.27. The maximum atomic E-state index is 5.84. The van der Waals surface area contributed by atoms with Gasteiger partial charge in [0.25, 0.3) is 0 Å². The van der Waals surface area contributed by atoms with E-state index < -0.39 is 0 Å². The van der Waals surface area contributed by atoms with Crippen LogP contribution in [0.2, 0.25) is 0 Å². The van der Waals surface area contributed by atoms with E-state index in [0.29, 0.717) is 0 Å². The molecule has 2 heterocycles. The number of anilines is 1. The maximum Gasteiger partial charge on any atom is 0.152 e. The smallest absolute Gasteiger partial charge is 0.152 e. The highest BCUT2D eigenvalue weighted by Crippen LogP contribution is 2.24. The van der Waals surface area contributed by atoms with E-state index in [1.807, 2.05) is 17.6 Å². The molecule has 0 amide bonds. The van der Waals surface area contributed by atoms with E-state index in [4.69, 9.17) is 5.73 Å². The molecule has 5 nitrogen and oxygen atoms in total. The van der Waals surface area contributed by atoms with Crippen molar-refractivity contribution in [2.75, 3.05) is 5.32 Å². The van der Waals surface area contributed by atoms with Crippen molar-refractivity contribution in [2.45, 2.75) is 58.5 Å². The summed E-state index contributed by atoms with van der Waals surface area (Å²) < 4.78 is 1.88. The molecule has 0 aliphatic carbocycles. The first-order valence-electron chi connectivity index (χ1n) is 7.14. The monoisotopic (exact) mass is 275 g/mol. The summed E-state index contributed by atoms with van der Waals surface area (Å²) in [4.78, 5) is 4.44. The van der Waals surface area contributed by atoms with Crippen molar-refractivity contribution in [3.8, 4) is 0 Å². The van der Waals surface area contributed by atoms with Gasteiger partial charge in [0.2, 0.25) is 0 Å². The van der Waals surface area contributed by atoms with Crippen LogP contribution in [-0.4, -0.2) is 26.7 Å². The van der Waals surface area contributed by atoms with Crippen molar-refractivity contribution in [1.82, 2.24) is 14.6 Å². The molecule has 0 aromatic carbocycles. The lowest BCUT2D eigenvalue weighted by Crippen LogP contribution is -2.26. The Kier molecular flexibility index (Phi) is 3.99. The van der Waals surface area contributed by atoms with Crippen molar-refractivity contribution >= 4 is 11.3 Å². The van der Waals surface area contributed by atoms with Crippen LogP contribution in [0.25, 0.3) is 5.52 Å². The third kappa shape index (κ3) is 3.28. The minimum absolute atomic E-state index is 0.0285. The van der Waals surface area contributed by atoms with E-state index in [0.717, 1.165) is 23.4 Å². The molecule has 0 fully saturated rings. The number of aromatic nitrogens is 3. The van der Waals surface area contributed by atoms with Crippen LogP contribution in [0, 0.1) is 0 Å². The highest BCUT2D eigenvalue weighted by molar-refractivity contribution is 5.68. The van der Waals surface area contributed by atoms with Crippen LogP contribution in [0.5, 0.6) is 0 Å². The highest BCUT2D eigenvalue weighted by atomic mass is 15.2. The summed E-state index contributed by atoms with van der Waals surface area (Å²) in [7, 11) is 0. The molecule has 0 saturated carbocycles. The fourth-order valence-electron chi connectivity index (χ4n) is 2.25. The number of hydrogen-bond donors (Lipinski definition) is 2. The zero-order valence-electron chi connectivity index (χ0n) is 13.0. The molecule has 2 atom stereocenters. The Bertz CT molecular complexity index is 579. The molecule has 5 heteroatoms. The van der Waals surface area contributed by atoms with Crippen LogP contribution in [-0.2, 0) is 5.41 Å². The second-order valence-electron chi connectivity index (χ2n) is 6.64. The van der Waals surface area contributed by atoms with Gasteiger partial charge in [-0.2, -0.15) is 5.10 Å². The Balaban J connectivity index is 2.32. The molecule has 3 N–H and O–H groups in total. The predicted molar refractivity (Wildman–Crippen MR) is 83.0 cm³/mol. The molecule has 0 bridgehead atoms. The van der Waals surface area contributed by atoms with Crippen LogP contribution >= 0.6 is 0 Å². The molecule has 0 aliphatic heterocycles. The number of hydrogen-bond acceptors (Lipinski definition) is 4. The quantitative estimate of drug-likeness (QED) is 0.900. The number of rotatable bonds is 4. The molecule has 2 aromatic rings. The molecule has 0 spiro atoms. The minimum atomic E-state index is 0.0285. The van der Waals surface area contributed by atoms with Crippen LogP contribution < -0.4 is 11.1 Å². The second kappa shape index (κ2) is 5.40. The van der Waals surface area contributed by atoms with Crippen molar-refractivity contribution in [1.29, 1.82) is 0 Å². The molecule has 0 aliphatic rings. The average molecular weight is 275 g/mol. The number of fused-ring (bicyclic) bond motifs is 1. The summed E-state index contributed by atoms with van der Waals surface area (Å²) in [6.45, 7) is 10.6. The predicted octanol–water partition coefficient (Wildman–Crippen LogP) is 2.56. The minimum Gasteiger partial charge on any atom is -0.366 e. The van der Waals surface area contributed by atoms with Gasteiger partial charge in [-0.05, 0) is 26.3 Å². The summed E-state index contributed by atoms with van der Waals surface area (Å²) in [6.07, 6.45) is 4.56. The van der Waals surface area contributed by atoms with Gasteiger partial charge in [-0.25, -0.2) is 9.50 Å². The first-order chi connectivity index (χ1) is 9.27. The van der Waals surface area contributed by atoms with E-state index in [1.165, 1.54) is 0 Å². The molecule has 2 unspecified atom stereocenters. The molecule has 2 rings (SSSR count). The van der Waals surface area contributed by atoms with Gasteiger partial charge in [0, 0.05) is 29.9 Å². The zero-order chi connectivity index (χ0) is 14.9. The summed E-state index contributed by atoms with van der Waals surface area (Å²) >= 11 is 0. The third-order valence-corrected chi connectivity index (χ3v) is 3.27. The first kappa shape index (κ1) is 14.8. The average Bonchev–Trinajstić information content (AvgIpc) is 2.72. The van der Waals surface area contributed by atoms with Crippen molar-refractivity contribution in [3.63, 3.8) is 0 Å². The number of nitrogens with one attached hydrogen (secondary N) is 1. The molecule has 0 saturated heterocycles. The molecule has 110 valence electrons.